The number of ether oxygens (including phenoxy) is 3. The lowest BCUT2D eigenvalue weighted by Gasteiger charge is -2.31. The molecule has 0 aliphatic carbocycles. The molecule has 244 valence electrons. The van der Waals surface area contributed by atoms with Gasteiger partial charge in [0.25, 0.3) is 5.91 Å². The Morgan fingerprint density at radius 2 is 1.89 bits per heavy atom. The first-order chi connectivity index (χ1) is 21.5. The second kappa shape index (κ2) is 14.1. The molecule has 6 atom stereocenters. The first kappa shape index (κ1) is 33.2. The normalized spacial score (nSPS) is 23.0. The Kier molecular flexibility index (Phi) is 10.4. The maximum atomic E-state index is 14.1. The number of carbonyl (C=O) groups excluding carboxylic acids is 2. The number of hydrogen-bond acceptors (Lipinski definition) is 9. The highest BCUT2D eigenvalue weighted by molar-refractivity contribution is 7.89. The van der Waals surface area contributed by atoms with E-state index < -0.39 is 40.3 Å². The number of aliphatic hydroxyl groups excluding tert-OH is 1. The van der Waals surface area contributed by atoms with Gasteiger partial charge in [-0.25, -0.2) is 18.2 Å². The van der Waals surface area contributed by atoms with Crippen LogP contribution in [0.25, 0.3) is 5.57 Å². The first-order valence-electron chi connectivity index (χ1n) is 15.3. The molecule has 45 heavy (non-hydrogen) atoms. The van der Waals surface area contributed by atoms with Crippen LogP contribution in [0.4, 0.5) is 4.79 Å². The highest BCUT2D eigenvalue weighted by atomic mass is 32.2. The largest absolute Gasteiger partial charge is 0.443 e. The minimum Gasteiger partial charge on any atom is -0.443 e. The monoisotopic (exact) mass is 642 g/mol. The Balaban J connectivity index is 1.39. The van der Waals surface area contributed by atoms with Gasteiger partial charge in [-0.15, -0.1) is 0 Å². The second-order valence-corrected chi connectivity index (χ2v) is 14.2. The summed E-state index contributed by atoms with van der Waals surface area (Å²) in [4.78, 5) is 29.8. The van der Waals surface area contributed by atoms with Crippen LogP contribution in [0.5, 0.6) is 0 Å². The quantitative estimate of drug-likeness (QED) is 0.287. The van der Waals surface area contributed by atoms with Crippen LogP contribution in [0, 0.1) is 11.8 Å². The second-order valence-electron chi connectivity index (χ2n) is 12.2. The third-order valence-corrected chi connectivity index (χ3v) is 10.3. The maximum Gasteiger partial charge on any atom is 0.407 e. The van der Waals surface area contributed by atoms with Crippen molar-refractivity contribution < 1.29 is 37.3 Å². The van der Waals surface area contributed by atoms with Crippen LogP contribution in [-0.2, 0) is 35.4 Å². The highest BCUT2D eigenvalue weighted by Gasteiger charge is 2.44. The topological polar surface area (TPSA) is 156 Å². The number of amides is 2. The number of fused-ring (bicyclic) bond motifs is 2. The van der Waals surface area contributed by atoms with Crippen LogP contribution in [0.15, 0.2) is 58.4 Å². The molecular formula is C32H42N4O8S. The SMILES string of the molecule is CNC(C)C1=c2cc(S(=O)(=O)N(CC(C)C)C[C@@H](O)[C@H](Cc3ccccc3)NC(=O)O[C@H]3CO[C@H]4OCC[C@H]43)ccc2=NC1=O. The molecule has 13 heteroatoms. The fourth-order valence-electron chi connectivity index (χ4n) is 6.02. The molecule has 1 unspecified atom stereocenters. The zero-order valence-electron chi connectivity index (χ0n) is 26.0. The van der Waals surface area contributed by atoms with Crippen LogP contribution < -0.4 is 21.2 Å². The number of hydrogen-bond donors (Lipinski definition) is 3. The molecule has 0 saturated carbocycles. The molecule has 0 bridgehead atoms. The van der Waals surface area contributed by atoms with Gasteiger partial charge in [-0.1, -0.05) is 44.2 Å². The van der Waals surface area contributed by atoms with Crippen molar-refractivity contribution in [2.24, 2.45) is 16.8 Å². The van der Waals surface area contributed by atoms with E-state index in [2.05, 4.69) is 15.6 Å². The number of rotatable bonds is 13. The van der Waals surface area contributed by atoms with Gasteiger partial charge in [0, 0.05) is 29.9 Å². The average Bonchev–Trinajstić information content (AvgIpc) is 3.71. The van der Waals surface area contributed by atoms with Crippen molar-refractivity contribution in [3.8, 4) is 0 Å². The third kappa shape index (κ3) is 7.45. The predicted molar refractivity (Wildman–Crippen MR) is 165 cm³/mol. The molecule has 3 aliphatic heterocycles. The zero-order chi connectivity index (χ0) is 32.3. The van der Waals surface area contributed by atoms with Gasteiger partial charge in [0.1, 0.15) is 6.10 Å². The molecule has 2 aromatic rings. The summed E-state index contributed by atoms with van der Waals surface area (Å²) in [7, 11) is -2.42. The number of benzene rings is 2. The summed E-state index contributed by atoms with van der Waals surface area (Å²) in [6, 6.07) is 12.6. The van der Waals surface area contributed by atoms with E-state index in [4.69, 9.17) is 14.2 Å². The smallest absolute Gasteiger partial charge is 0.407 e. The molecular weight excluding hydrogens is 600 g/mol. The molecule has 3 heterocycles. The van der Waals surface area contributed by atoms with Crippen LogP contribution in [0.1, 0.15) is 32.8 Å². The summed E-state index contributed by atoms with van der Waals surface area (Å²) in [5, 5.41) is 18.3. The lowest BCUT2D eigenvalue weighted by atomic mass is 10.0. The fraction of sp³-hybridized carbons (Fsp3) is 0.531. The van der Waals surface area contributed by atoms with E-state index in [0.29, 0.717) is 22.8 Å². The fourth-order valence-corrected chi connectivity index (χ4v) is 7.67. The van der Waals surface area contributed by atoms with Gasteiger partial charge in [-0.05, 0) is 56.5 Å². The lowest BCUT2D eigenvalue weighted by molar-refractivity contribution is -0.112. The summed E-state index contributed by atoms with van der Waals surface area (Å²) >= 11 is 0. The zero-order valence-corrected chi connectivity index (χ0v) is 26.8. The lowest BCUT2D eigenvalue weighted by Crippen LogP contribution is -2.51. The molecule has 2 saturated heterocycles. The molecule has 5 rings (SSSR count). The molecule has 0 spiro atoms. The number of aliphatic hydroxyl groups is 1. The van der Waals surface area contributed by atoms with Gasteiger partial charge in [0.15, 0.2) is 6.29 Å². The van der Waals surface area contributed by atoms with Gasteiger partial charge >= 0.3 is 6.09 Å². The van der Waals surface area contributed by atoms with Gasteiger partial charge < -0.3 is 30.0 Å². The minimum absolute atomic E-state index is 0.0126. The summed E-state index contributed by atoms with van der Waals surface area (Å²) in [6.45, 7) is 6.18. The van der Waals surface area contributed by atoms with Crippen molar-refractivity contribution in [2.75, 3.05) is 33.4 Å². The van der Waals surface area contributed by atoms with Crippen LogP contribution in [0.2, 0.25) is 0 Å². The van der Waals surface area contributed by atoms with Crippen molar-refractivity contribution >= 4 is 27.6 Å². The van der Waals surface area contributed by atoms with E-state index in [1.54, 1.807) is 7.05 Å². The number of nitrogens with one attached hydrogen (secondary N) is 2. The number of nitrogens with zero attached hydrogens (tertiary/aromatic N) is 2. The summed E-state index contributed by atoms with van der Waals surface area (Å²) < 4.78 is 46.3. The third-order valence-electron chi connectivity index (χ3n) is 8.48. The maximum absolute atomic E-state index is 14.1. The standard InChI is InChI=1S/C32H42N4O8S/c1-19(2)16-36(45(40,41)22-10-11-25-24(15-22)29(20(3)33-4)30(38)34-25)17-27(37)26(14-21-8-6-5-7-9-21)35-32(39)44-28-18-43-31-23(28)12-13-42-31/h5-11,15,19-20,23,26-28,31,33,37H,12-14,16-18H2,1-4H3,(H,35,39)/t20?,23-,26-,27+,28-,31+/m0/s1. The summed E-state index contributed by atoms with van der Waals surface area (Å²) in [5.41, 5.74) is 1.25. The Morgan fingerprint density at radius 1 is 1.13 bits per heavy atom. The van der Waals surface area contributed by atoms with Crippen LogP contribution in [0.3, 0.4) is 0 Å². The van der Waals surface area contributed by atoms with Crippen molar-refractivity contribution in [3.63, 3.8) is 0 Å². The summed E-state index contributed by atoms with van der Waals surface area (Å²) in [5.74, 6) is -0.527. The van der Waals surface area contributed by atoms with E-state index >= 15 is 0 Å². The van der Waals surface area contributed by atoms with Gasteiger partial charge in [-0.2, -0.15) is 4.31 Å². The molecule has 3 N–H and O–H groups in total. The molecule has 2 aromatic carbocycles. The Morgan fingerprint density at radius 3 is 2.60 bits per heavy atom. The summed E-state index contributed by atoms with van der Waals surface area (Å²) in [6.07, 6.45) is -1.90. The van der Waals surface area contributed by atoms with Crippen molar-refractivity contribution in [1.29, 1.82) is 0 Å². The first-order valence-corrected chi connectivity index (χ1v) is 16.8. The van der Waals surface area contributed by atoms with Gasteiger partial charge in [0.2, 0.25) is 10.0 Å². The Labute approximate surface area is 263 Å². The van der Waals surface area contributed by atoms with E-state index in [0.717, 1.165) is 12.0 Å². The molecule has 3 aliphatic rings. The van der Waals surface area contributed by atoms with E-state index in [1.807, 2.05) is 51.1 Å². The molecule has 2 amide bonds. The number of alkyl carbamates (subject to hydrolysis) is 1. The van der Waals surface area contributed by atoms with Gasteiger partial charge in [-0.3, -0.25) is 4.79 Å². The van der Waals surface area contributed by atoms with E-state index in [-0.39, 0.29) is 55.2 Å². The van der Waals surface area contributed by atoms with Crippen LogP contribution >= 0.6 is 0 Å². The highest BCUT2D eigenvalue weighted by Crippen LogP contribution is 2.33. The predicted octanol–water partition coefficient (Wildman–Crippen LogP) is 0.712. The van der Waals surface area contributed by atoms with Crippen molar-refractivity contribution in [1.82, 2.24) is 14.9 Å². The van der Waals surface area contributed by atoms with Gasteiger partial charge in [0.05, 0.1) is 41.5 Å². The number of carbonyl (C=O) groups is 2. The van der Waals surface area contributed by atoms with E-state index in [1.165, 1.54) is 22.5 Å². The van der Waals surface area contributed by atoms with Crippen molar-refractivity contribution in [2.45, 2.75) is 69.1 Å². The average molecular weight is 643 g/mol. The Bertz CT molecular complexity index is 1620. The van der Waals surface area contributed by atoms with Crippen molar-refractivity contribution in [3.05, 3.63) is 64.7 Å². The minimum atomic E-state index is -4.14. The van der Waals surface area contributed by atoms with Crippen LogP contribution in [-0.4, -0.2) is 93.8 Å². The molecule has 0 aromatic heterocycles. The molecule has 12 nitrogen and oxygen atoms in total. The molecule has 2 fully saturated rings. The Hall–Kier alpha value is -3.20. The number of sulfonamides is 1. The molecule has 0 radical (unpaired) electrons. The van der Waals surface area contributed by atoms with E-state index in [9.17, 15) is 23.1 Å².